The molecular weight excluding hydrogens is 256 g/mol. The standard InChI is InChI=1S/C14H12N4O2/c1-8-6-10(4-5-11(8)15-3)17-13(19)12-7-9(2)16-18(12)14(17)20/h4-6,12H,7H2,1-2H3. The quantitative estimate of drug-likeness (QED) is 0.580. The van der Waals surface area contributed by atoms with Gasteiger partial charge in [-0.05, 0) is 31.5 Å². The van der Waals surface area contributed by atoms with Crippen LogP contribution in [0.4, 0.5) is 16.2 Å². The Balaban J connectivity index is 2.00. The van der Waals surface area contributed by atoms with E-state index in [-0.39, 0.29) is 5.91 Å². The summed E-state index contributed by atoms with van der Waals surface area (Å²) in [6.07, 6.45) is 0.486. The molecule has 1 unspecified atom stereocenters. The van der Waals surface area contributed by atoms with Gasteiger partial charge in [0, 0.05) is 12.1 Å². The van der Waals surface area contributed by atoms with Crippen LogP contribution in [0, 0.1) is 13.5 Å². The van der Waals surface area contributed by atoms with E-state index in [9.17, 15) is 9.59 Å². The fraction of sp³-hybridized carbons (Fsp3) is 0.286. The monoisotopic (exact) mass is 268 g/mol. The number of anilines is 1. The zero-order valence-electron chi connectivity index (χ0n) is 11.1. The second-order valence-corrected chi connectivity index (χ2v) is 4.94. The average molecular weight is 268 g/mol. The molecule has 0 radical (unpaired) electrons. The van der Waals surface area contributed by atoms with Crippen molar-refractivity contribution in [2.45, 2.75) is 26.3 Å². The van der Waals surface area contributed by atoms with E-state index < -0.39 is 12.1 Å². The Morgan fingerprint density at radius 3 is 2.70 bits per heavy atom. The maximum atomic E-state index is 12.3. The number of hydrogen-bond donors (Lipinski definition) is 0. The third-order valence-corrected chi connectivity index (χ3v) is 3.51. The SMILES string of the molecule is [C-]#[N+]c1ccc(N2C(=O)C3CC(C)=NN3C2=O)cc1C. The van der Waals surface area contributed by atoms with Crippen molar-refractivity contribution in [2.75, 3.05) is 4.90 Å². The first-order valence-corrected chi connectivity index (χ1v) is 6.22. The van der Waals surface area contributed by atoms with E-state index in [4.69, 9.17) is 6.57 Å². The number of hydrogen-bond acceptors (Lipinski definition) is 3. The van der Waals surface area contributed by atoms with Gasteiger partial charge >= 0.3 is 6.03 Å². The summed E-state index contributed by atoms with van der Waals surface area (Å²) in [4.78, 5) is 29.1. The van der Waals surface area contributed by atoms with Gasteiger partial charge in [0.05, 0.1) is 12.3 Å². The first-order chi connectivity index (χ1) is 9.52. The Labute approximate surface area is 116 Å². The van der Waals surface area contributed by atoms with Crippen LogP contribution in [0.25, 0.3) is 4.85 Å². The van der Waals surface area contributed by atoms with Gasteiger partial charge in [0.1, 0.15) is 6.04 Å². The number of rotatable bonds is 1. The van der Waals surface area contributed by atoms with Gasteiger partial charge in [-0.1, -0.05) is 6.07 Å². The van der Waals surface area contributed by atoms with E-state index in [1.165, 1.54) is 5.01 Å². The minimum absolute atomic E-state index is 0.259. The number of carbonyl (C=O) groups excluding carboxylic acids is 2. The molecule has 0 spiro atoms. The lowest BCUT2D eigenvalue weighted by atomic mass is 10.1. The molecule has 2 heterocycles. The third kappa shape index (κ3) is 1.60. The number of imide groups is 1. The van der Waals surface area contributed by atoms with Gasteiger partial charge in [-0.25, -0.2) is 19.5 Å². The lowest BCUT2D eigenvalue weighted by Crippen LogP contribution is -2.32. The summed E-state index contributed by atoms with van der Waals surface area (Å²) >= 11 is 0. The minimum atomic E-state index is -0.511. The molecule has 2 aliphatic rings. The zero-order chi connectivity index (χ0) is 14.4. The molecule has 0 bridgehead atoms. The summed E-state index contributed by atoms with van der Waals surface area (Å²) in [7, 11) is 0. The van der Waals surface area contributed by atoms with Crippen molar-refractivity contribution in [3.63, 3.8) is 0 Å². The van der Waals surface area contributed by atoms with Crippen molar-refractivity contribution in [3.8, 4) is 0 Å². The van der Waals surface area contributed by atoms with E-state index >= 15 is 0 Å². The molecule has 2 aliphatic heterocycles. The normalized spacial score (nSPS) is 21.1. The molecule has 1 saturated heterocycles. The highest BCUT2D eigenvalue weighted by atomic mass is 16.2. The summed E-state index contributed by atoms with van der Waals surface area (Å²) in [6, 6.07) is 3.99. The highest BCUT2D eigenvalue weighted by molar-refractivity contribution is 6.23. The van der Waals surface area contributed by atoms with Gasteiger partial charge in [0.2, 0.25) is 0 Å². The molecule has 1 atom stereocenters. The molecule has 100 valence electrons. The number of aryl methyl sites for hydroxylation is 1. The van der Waals surface area contributed by atoms with Crippen LogP contribution in [-0.2, 0) is 4.79 Å². The number of carbonyl (C=O) groups is 2. The number of fused-ring (bicyclic) bond motifs is 1. The van der Waals surface area contributed by atoms with Crippen molar-refractivity contribution < 1.29 is 9.59 Å². The Bertz CT molecular complexity index is 702. The Morgan fingerprint density at radius 2 is 2.10 bits per heavy atom. The fourth-order valence-electron chi connectivity index (χ4n) is 2.52. The van der Waals surface area contributed by atoms with Gasteiger partial charge in [-0.2, -0.15) is 5.10 Å². The van der Waals surface area contributed by atoms with Crippen LogP contribution >= 0.6 is 0 Å². The Morgan fingerprint density at radius 1 is 1.35 bits per heavy atom. The Hall–Kier alpha value is -2.68. The van der Waals surface area contributed by atoms with E-state index in [1.807, 2.05) is 0 Å². The number of hydrazone groups is 1. The smallest absolute Gasteiger partial charge is 0.271 e. The van der Waals surface area contributed by atoms with Crippen molar-refractivity contribution in [1.82, 2.24) is 5.01 Å². The largest absolute Gasteiger partial charge is 0.352 e. The molecular formula is C14H12N4O2. The van der Waals surface area contributed by atoms with Crippen LogP contribution in [0.5, 0.6) is 0 Å². The summed E-state index contributed by atoms with van der Waals surface area (Å²) in [5.74, 6) is -0.259. The van der Waals surface area contributed by atoms with Crippen LogP contribution in [0.1, 0.15) is 18.9 Å². The number of nitrogens with zero attached hydrogens (tertiary/aromatic N) is 4. The van der Waals surface area contributed by atoms with Gasteiger partial charge in [-0.15, -0.1) is 0 Å². The molecule has 0 saturated carbocycles. The van der Waals surface area contributed by atoms with Crippen LogP contribution in [0.3, 0.4) is 0 Å². The van der Waals surface area contributed by atoms with E-state index in [1.54, 1.807) is 32.0 Å². The summed E-state index contributed by atoms with van der Waals surface area (Å²) < 4.78 is 0. The first kappa shape index (κ1) is 12.4. The summed E-state index contributed by atoms with van der Waals surface area (Å²) in [5.41, 5.74) is 2.54. The lowest BCUT2D eigenvalue weighted by molar-refractivity contribution is -0.119. The summed E-state index contributed by atoms with van der Waals surface area (Å²) in [5, 5.41) is 5.35. The fourth-order valence-corrected chi connectivity index (χ4v) is 2.52. The van der Waals surface area contributed by atoms with Gasteiger partial charge < -0.3 is 0 Å². The molecule has 20 heavy (non-hydrogen) atoms. The number of benzene rings is 1. The third-order valence-electron chi connectivity index (χ3n) is 3.51. The molecule has 3 amide bonds. The van der Waals surface area contributed by atoms with Gasteiger partial charge in [0.15, 0.2) is 5.69 Å². The first-order valence-electron chi connectivity index (χ1n) is 6.22. The number of amides is 3. The lowest BCUT2D eigenvalue weighted by Gasteiger charge is -2.15. The van der Waals surface area contributed by atoms with Crippen LogP contribution in [0.15, 0.2) is 23.3 Å². The highest BCUT2D eigenvalue weighted by Gasteiger charge is 2.49. The predicted molar refractivity (Wildman–Crippen MR) is 73.7 cm³/mol. The maximum absolute atomic E-state index is 12.3. The van der Waals surface area contributed by atoms with Gasteiger partial charge in [0.25, 0.3) is 5.91 Å². The minimum Gasteiger partial charge on any atom is -0.271 e. The Kier molecular flexibility index (Phi) is 2.57. The predicted octanol–water partition coefficient (Wildman–Crippen LogP) is 2.46. The molecule has 6 heteroatoms. The van der Waals surface area contributed by atoms with Gasteiger partial charge in [-0.3, -0.25) is 4.79 Å². The highest BCUT2D eigenvalue weighted by Crippen LogP contribution is 2.32. The van der Waals surface area contributed by atoms with Crippen LogP contribution in [0.2, 0.25) is 0 Å². The second-order valence-electron chi connectivity index (χ2n) is 4.94. The molecule has 0 aromatic heterocycles. The topological polar surface area (TPSA) is 57.3 Å². The van der Waals surface area contributed by atoms with Crippen LogP contribution < -0.4 is 4.90 Å². The molecule has 0 N–H and O–H groups in total. The van der Waals surface area contributed by atoms with E-state index in [0.717, 1.165) is 16.2 Å². The van der Waals surface area contributed by atoms with Crippen molar-refractivity contribution >= 4 is 29.0 Å². The van der Waals surface area contributed by atoms with Crippen molar-refractivity contribution in [1.29, 1.82) is 0 Å². The molecule has 1 aromatic carbocycles. The molecule has 1 fully saturated rings. The van der Waals surface area contributed by atoms with Crippen molar-refractivity contribution in [3.05, 3.63) is 35.2 Å². The summed E-state index contributed by atoms with van der Waals surface area (Å²) in [6.45, 7) is 10.6. The van der Waals surface area contributed by atoms with E-state index in [0.29, 0.717) is 17.8 Å². The maximum Gasteiger partial charge on any atom is 0.352 e. The van der Waals surface area contributed by atoms with Crippen LogP contribution in [-0.4, -0.2) is 28.7 Å². The number of urea groups is 1. The molecule has 0 aliphatic carbocycles. The molecule has 1 aromatic rings. The van der Waals surface area contributed by atoms with E-state index in [2.05, 4.69) is 9.95 Å². The van der Waals surface area contributed by atoms with Crippen molar-refractivity contribution in [2.24, 2.45) is 5.10 Å². The second kappa shape index (κ2) is 4.17. The molecule has 6 nitrogen and oxygen atoms in total. The molecule has 3 rings (SSSR count). The zero-order valence-corrected chi connectivity index (χ0v) is 11.1. The average Bonchev–Trinajstić information content (AvgIpc) is 2.89.